The van der Waals surface area contributed by atoms with Gasteiger partial charge in [0.05, 0.1) is 10.6 Å². The van der Waals surface area contributed by atoms with E-state index in [1.807, 2.05) is 4.72 Å². The van der Waals surface area contributed by atoms with Gasteiger partial charge in [-0.15, -0.1) is 0 Å². The van der Waals surface area contributed by atoms with Crippen molar-refractivity contribution >= 4 is 15.7 Å². The fourth-order valence-electron chi connectivity index (χ4n) is 1.42. The van der Waals surface area contributed by atoms with Gasteiger partial charge in [0.1, 0.15) is 0 Å². The Hall–Kier alpha value is -2.09. The summed E-state index contributed by atoms with van der Waals surface area (Å²) in [6.07, 6.45) is 0. The average Bonchev–Trinajstić information content (AvgIpc) is 2.37. The van der Waals surface area contributed by atoms with E-state index in [1.165, 1.54) is 0 Å². The zero-order valence-electron chi connectivity index (χ0n) is 9.70. The van der Waals surface area contributed by atoms with Gasteiger partial charge in [-0.2, -0.15) is 0 Å². The first-order valence-electron chi connectivity index (χ1n) is 5.22. The van der Waals surface area contributed by atoms with Crippen LogP contribution in [0.4, 0.5) is 23.2 Å². The third kappa shape index (κ3) is 2.90. The quantitative estimate of drug-likeness (QED) is 0.886. The summed E-state index contributed by atoms with van der Waals surface area (Å²) in [7, 11) is -4.23. The normalized spacial score (nSPS) is 11.4. The summed E-state index contributed by atoms with van der Waals surface area (Å²) in [6, 6.07) is 4.34. The van der Waals surface area contributed by atoms with E-state index in [4.69, 9.17) is 0 Å². The fraction of sp³-hybridized carbons (Fsp3) is 0. The van der Waals surface area contributed by atoms with Crippen LogP contribution in [-0.2, 0) is 10.0 Å². The first-order valence-corrected chi connectivity index (χ1v) is 6.71. The SMILES string of the molecule is O=S(=O)(Nc1ccc(F)c(F)c1)c1ccc(F)c(F)c1. The molecule has 0 radical (unpaired) electrons. The minimum atomic E-state index is -4.23. The fourth-order valence-corrected chi connectivity index (χ4v) is 2.48. The van der Waals surface area contributed by atoms with Crippen LogP contribution in [0.3, 0.4) is 0 Å². The molecule has 0 aliphatic heterocycles. The lowest BCUT2D eigenvalue weighted by Crippen LogP contribution is -2.13. The van der Waals surface area contributed by atoms with Crippen molar-refractivity contribution in [3.8, 4) is 0 Å². The molecule has 1 N–H and O–H groups in total. The van der Waals surface area contributed by atoms with E-state index in [2.05, 4.69) is 0 Å². The van der Waals surface area contributed by atoms with Crippen LogP contribution in [0.2, 0.25) is 0 Å². The highest BCUT2D eigenvalue weighted by Gasteiger charge is 2.17. The van der Waals surface area contributed by atoms with Crippen molar-refractivity contribution < 1.29 is 26.0 Å². The molecule has 2 aromatic rings. The Bertz CT molecular complexity index is 762. The summed E-state index contributed by atoms with van der Waals surface area (Å²) in [5, 5.41) is 0. The number of rotatable bonds is 3. The van der Waals surface area contributed by atoms with Crippen molar-refractivity contribution in [1.29, 1.82) is 0 Å². The van der Waals surface area contributed by atoms with Gasteiger partial charge in [-0.05, 0) is 30.3 Å². The van der Waals surface area contributed by atoms with Gasteiger partial charge in [0.25, 0.3) is 10.0 Å². The molecule has 0 spiro atoms. The van der Waals surface area contributed by atoms with Crippen LogP contribution in [0.1, 0.15) is 0 Å². The molecule has 0 bridgehead atoms. The van der Waals surface area contributed by atoms with Crippen LogP contribution in [0.5, 0.6) is 0 Å². The molecular weight excluding hydrogens is 298 g/mol. The van der Waals surface area contributed by atoms with Crippen molar-refractivity contribution in [2.75, 3.05) is 4.72 Å². The summed E-state index contributed by atoms with van der Waals surface area (Å²) >= 11 is 0. The maximum Gasteiger partial charge on any atom is 0.262 e. The van der Waals surface area contributed by atoms with Gasteiger partial charge >= 0.3 is 0 Å². The van der Waals surface area contributed by atoms with Gasteiger partial charge < -0.3 is 0 Å². The molecule has 0 aliphatic rings. The molecule has 0 fully saturated rings. The molecule has 0 unspecified atom stereocenters. The van der Waals surface area contributed by atoms with Gasteiger partial charge in [0.2, 0.25) is 0 Å². The molecule has 106 valence electrons. The minimum absolute atomic E-state index is 0.242. The summed E-state index contributed by atoms with van der Waals surface area (Å²) < 4.78 is 77.0. The molecule has 2 rings (SSSR count). The number of benzene rings is 2. The third-order valence-electron chi connectivity index (χ3n) is 2.37. The van der Waals surface area contributed by atoms with Gasteiger partial charge in [-0.1, -0.05) is 0 Å². The second-order valence-electron chi connectivity index (χ2n) is 3.81. The highest BCUT2D eigenvalue weighted by Crippen LogP contribution is 2.19. The third-order valence-corrected chi connectivity index (χ3v) is 3.75. The number of sulfonamides is 1. The second kappa shape index (κ2) is 5.12. The molecule has 0 aliphatic carbocycles. The molecule has 0 amide bonds. The minimum Gasteiger partial charge on any atom is -0.280 e. The van der Waals surface area contributed by atoms with Crippen molar-refractivity contribution in [3.05, 3.63) is 59.7 Å². The van der Waals surface area contributed by atoms with Gasteiger partial charge in [0.15, 0.2) is 23.3 Å². The molecule has 0 heterocycles. The van der Waals surface area contributed by atoms with E-state index in [9.17, 15) is 26.0 Å². The zero-order chi connectivity index (χ0) is 14.9. The summed E-state index contributed by atoms with van der Waals surface area (Å²) in [5.74, 6) is -4.91. The Morgan fingerprint density at radius 1 is 0.750 bits per heavy atom. The molecule has 0 atom stereocenters. The Balaban J connectivity index is 2.35. The van der Waals surface area contributed by atoms with E-state index >= 15 is 0 Å². The number of halogens is 4. The average molecular weight is 305 g/mol. The van der Waals surface area contributed by atoms with Crippen LogP contribution in [-0.4, -0.2) is 8.42 Å². The van der Waals surface area contributed by atoms with E-state index < -0.39 is 38.2 Å². The molecule has 0 saturated heterocycles. The van der Waals surface area contributed by atoms with Crippen molar-refractivity contribution in [2.45, 2.75) is 4.90 Å². The number of anilines is 1. The topological polar surface area (TPSA) is 46.2 Å². The molecular formula is C12H7F4NO2S. The molecule has 0 aromatic heterocycles. The van der Waals surface area contributed by atoms with Crippen LogP contribution >= 0.6 is 0 Å². The summed E-state index contributed by atoms with van der Waals surface area (Å²) in [5.41, 5.74) is -0.242. The lowest BCUT2D eigenvalue weighted by Gasteiger charge is -2.08. The maximum atomic E-state index is 13.0. The number of hydrogen-bond acceptors (Lipinski definition) is 2. The molecule has 3 nitrogen and oxygen atoms in total. The standard InChI is InChI=1S/C12H7F4NO2S/c13-9-3-1-7(5-11(9)15)17-20(18,19)8-2-4-10(14)12(16)6-8/h1-6,17H. The Morgan fingerprint density at radius 3 is 1.85 bits per heavy atom. The first-order chi connectivity index (χ1) is 9.29. The van der Waals surface area contributed by atoms with E-state index in [0.29, 0.717) is 18.2 Å². The van der Waals surface area contributed by atoms with Crippen LogP contribution in [0.15, 0.2) is 41.3 Å². The first kappa shape index (κ1) is 14.3. The van der Waals surface area contributed by atoms with E-state index in [-0.39, 0.29) is 5.69 Å². The highest BCUT2D eigenvalue weighted by atomic mass is 32.2. The second-order valence-corrected chi connectivity index (χ2v) is 5.49. The van der Waals surface area contributed by atoms with Crippen molar-refractivity contribution in [3.63, 3.8) is 0 Å². The van der Waals surface area contributed by atoms with Gasteiger partial charge in [-0.3, -0.25) is 4.72 Å². The predicted octanol–water partition coefficient (Wildman–Crippen LogP) is 3.04. The van der Waals surface area contributed by atoms with E-state index in [1.54, 1.807) is 0 Å². The molecule has 0 saturated carbocycles. The van der Waals surface area contributed by atoms with Crippen LogP contribution < -0.4 is 4.72 Å². The Labute approximate surface area is 111 Å². The molecule has 8 heteroatoms. The number of hydrogen-bond donors (Lipinski definition) is 1. The predicted molar refractivity (Wildman–Crippen MR) is 63.5 cm³/mol. The summed E-state index contributed by atoms with van der Waals surface area (Å²) in [6.45, 7) is 0. The Kier molecular flexibility index (Phi) is 3.67. The van der Waals surface area contributed by atoms with Crippen molar-refractivity contribution in [2.24, 2.45) is 0 Å². The smallest absolute Gasteiger partial charge is 0.262 e. The summed E-state index contributed by atoms with van der Waals surface area (Å²) in [4.78, 5) is -0.541. The van der Waals surface area contributed by atoms with Gasteiger partial charge in [0, 0.05) is 6.07 Å². The monoisotopic (exact) mass is 305 g/mol. The largest absolute Gasteiger partial charge is 0.280 e. The Morgan fingerprint density at radius 2 is 1.30 bits per heavy atom. The molecule has 2 aromatic carbocycles. The van der Waals surface area contributed by atoms with Crippen LogP contribution in [0, 0.1) is 23.3 Å². The number of nitrogens with one attached hydrogen (secondary N) is 1. The van der Waals surface area contributed by atoms with Crippen molar-refractivity contribution in [1.82, 2.24) is 0 Å². The molecule has 20 heavy (non-hydrogen) atoms. The van der Waals surface area contributed by atoms with Crippen LogP contribution in [0.25, 0.3) is 0 Å². The maximum absolute atomic E-state index is 13.0. The van der Waals surface area contributed by atoms with E-state index in [0.717, 1.165) is 18.2 Å². The lowest BCUT2D eigenvalue weighted by molar-refractivity contribution is 0.504. The van der Waals surface area contributed by atoms with Gasteiger partial charge in [-0.25, -0.2) is 26.0 Å². The lowest BCUT2D eigenvalue weighted by atomic mass is 10.3. The zero-order valence-corrected chi connectivity index (χ0v) is 10.5. The highest BCUT2D eigenvalue weighted by molar-refractivity contribution is 7.92.